The number of hydrogen-bond donors (Lipinski definition) is 2. The molecular weight excluding hydrogens is 214 g/mol. The lowest BCUT2D eigenvalue weighted by molar-refractivity contribution is 0.0773. The highest BCUT2D eigenvalue weighted by molar-refractivity contribution is 5.21. The number of nitrogens with two attached hydrogens (primary N) is 1. The van der Waals surface area contributed by atoms with Gasteiger partial charge >= 0.3 is 0 Å². The van der Waals surface area contributed by atoms with E-state index in [1.54, 1.807) is 0 Å². The summed E-state index contributed by atoms with van der Waals surface area (Å²) >= 11 is 0. The molecule has 0 radical (unpaired) electrons. The van der Waals surface area contributed by atoms with Gasteiger partial charge in [-0.1, -0.05) is 13.0 Å². The van der Waals surface area contributed by atoms with Crippen molar-refractivity contribution in [1.29, 1.82) is 0 Å². The summed E-state index contributed by atoms with van der Waals surface area (Å²) in [7, 11) is 0. The number of hydrogen-bond acceptors (Lipinski definition) is 4. The van der Waals surface area contributed by atoms with Crippen LogP contribution in [0.15, 0.2) is 18.5 Å². The summed E-state index contributed by atoms with van der Waals surface area (Å²) in [6, 6.07) is 2.28. The van der Waals surface area contributed by atoms with E-state index in [0.29, 0.717) is 12.0 Å². The van der Waals surface area contributed by atoms with Gasteiger partial charge in [-0.3, -0.25) is 16.3 Å². The average Bonchev–Trinajstić information content (AvgIpc) is 2.78. The van der Waals surface area contributed by atoms with Gasteiger partial charge in [-0.2, -0.15) is 0 Å². The second kappa shape index (κ2) is 5.58. The maximum absolute atomic E-state index is 5.73. The van der Waals surface area contributed by atoms with Gasteiger partial charge in [-0.15, -0.1) is 0 Å². The van der Waals surface area contributed by atoms with Crippen molar-refractivity contribution in [1.82, 2.24) is 10.4 Å². The van der Waals surface area contributed by atoms with Crippen molar-refractivity contribution in [2.45, 2.75) is 38.8 Å². The molecule has 0 saturated carbocycles. The highest BCUT2D eigenvalue weighted by Crippen LogP contribution is 2.34. The molecule has 2 heterocycles. The predicted molar refractivity (Wildman–Crippen MR) is 67.2 cm³/mol. The first-order valence-electron chi connectivity index (χ1n) is 6.25. The monoisotopic (exact) mass is 235 g/mol. The van der Waals surface area contributed by atoms with Crippen LogP contribution in [0.25, 0.3) is 0 Å². The number of nitrogens with zero attached hydrogens (tertiary/aromatic N) is 1. The number of nitrogens with one attached hydrogen (secondary N) is 1. The molecule has 0 bridgehead atoms. The normalized spacial score (nSPS) is 26.1. The predicted octanol–water partition coefficient (Wildman–Crippen LogP) is 1.71. The molecule has 1 aliphatic heterocycles. The Hall–Kier alpha value is -0.970. The zero-order valence-corrected chi connectivity index (χ0v) is 10.5. The van der Waals surface area contributed by atoms with Crippen LogP contribution in [0.5, 0.6) is 0 Å². The van der Waals surface area contributed by atoms with E-state index >= 15 is 0 Å². The zero-order valence-electron chi connectivity index (χ0n) is 10.5. The lowest BCUT2D eigenvalue weighted by Gasteiger charge is -2.26. The van der Waals surface area contributed by atoms with Gasteiger partial charge in [-0.25, -0.2) is 0 Å². The van der Waals surface area contributed by atoms with Crippen LogP contribution >= 0.6 is 0 Å². The molecule has 1 saturated heterocycles. The third kappa shape index (κ3) is 2.65. The number of hydrazine groups is 1. The molecule has 17 heavy (non-hydrogen) atoms. The maximum Gasteiger partial charge on any atom is 0.0620 e. The van der Waals surface area contributed by atoms with Gasteiger partial charge in [-0.05, 0) is 30.9 Å². The number of ether oxygens (including phenoxy) is 1. The van der Waals surface area contributed by atoms with Crippen LogP contribution in [0.1, 0.15) is 36.9 Å². The van der Waals surface area contributed by atoms with E-state index in [1.165, 1.54) is 0 Å². The van der Waals surface area contributed by atoms with Crippen molar-refractivity contribution in [2.75, 3.05) is 6.61 Å². The van der Waals surface area contributed by atoms with Crippen molar-refractivity contribution in [3.05, 3.63) is 29.6 Å². The number of aromatic nitrogens is 1. The first-order valence-corrected chi connectivity index (χ1v) is 6.25. The Kier molecular flexibility index (Phi) is 4.10. The second-order valence-electron chi connectivity index (χ2n) is 4.71. The van der Waals surface area contributed by atoms with E-state index in [-0.39, 0.29) is 6.04 Å². The fourth-order valence-electron chi connectivity index (χ4n) is 2.68. The lowest BCUT2D eigenvalue weighted by Crippen LogP contribution is -2.37. The van der Waals surface area contributed by atoms with Crippen LogP contribution in [-0.4, -0.2) is 17.7 Å². The molecule has 0 spiro atoms. The SMILES string of the molecule is CCC1OCCC1C(NN)c1cncc(C)c1. The fraction of sp³-hybridized carbons (Fsp3) is 0.615. The molecule has 0 amide bonds. The van der Waals surface area contributed by atoms with Crippen LogP contribution in [0.3, 0.4) is 0 Å². The van der Waals surface area contributed by atoms with Gasteiger partial charge in [0, 0.05) is 24.9 Å². The Morgan fingerprint density at radius 3 is 3.06 bits per heavy atom. The Morgan fingerprint density at radius 1 is 1.59 bits per heavy atom. The summed E-state index contributed by atoms with van der Waals surface area (Å²) in [6.07, 6.45) is 6.14. The van der Waals surface area contributed by atoms with E-state index in [1.807, 2.05) is 19.3 Å². The third-order valence-electron chi connectivity index (χ3n) is 3.53. The summed E-state index contributed by atoms with van der Waals surface area (Å²) < 4.78 is 5.73. The molecule has 1 aliphatic rings. The Balaban J connectivity index is 2.21. The minimum atomic E-state index is 0.134. The molecule has 1 aromatic rings. The van der Waals surface area contributed by atoms with Crippen molar-refractivity contribution in [3.8, 4) is 0 Å². The van der Waals surface area contributed by atoms with Crippen LogP contribution in [0, 0.1) is 12.8 Å². The second-order valence-corrected chi connectivity index (χ2v) is 4.71. The summed E-state index contributed by atoms with van der Waals surface area (Å²) in [5.74, 6) is 6.16. The molecular formula is C13H21N3O. The van der Waals surface area contributed by atoms with Crippen molar-refractivity contribution in [2.24, 2.45) is 11.8 Å². The molecule has 4 heteroatoms. The average molecular weight is 235 g/mol. The largest absolute Gasteiger partial charge is 0.378 e. The van der Waals surface area contributed by atoms with Gasteiger partial charge in [0.1, 0.15) is 0 Å². The van der Waals surface area contributed by atoms with Crippen molar-refractivity contribution in [3.63, 3.8) is 0 Å². The molecule has 1 fully saturated rings. The smallest absolute Gasteiger partial charge is 0.0620 e. The van der Waals surface area contributed by atoms with Gasteiger partial charge in [0.25, 0.3) is 0 Å². The highest BCUT2D eigenvalue weighted by atomic mass is 16.5. The van der Waals surface area contributed by atoms with Crippen LogP contribution in [-0.2, 0) is 4.74 Å². The fourth-order valence-corrected chi connectivity index (χ4v) is 2.68. The van der Waals surface area contributed by atoms with E-state index in [4.69, 9.17) is 10.6 Å². The molecule has 4 nitrogen and oxygen atoms in total. The minimum absolute atomic E-state index is 0.134. The number of pyridine rings is 1. The molecule has 0 aromatic carbocycles. The van der Waals surface area contributed by atoms with E-state index in [2.05, 4.69) is 23.4 Å². The topological polar surface area (TPSA) is 60.2 Å². The molecule has 3 N–H and O–H groups in total. The molecule has 94 valence electrons. The zero-order chi connectivity index (χ0) is 12.3. The maximum atomic E-state index is 5.73. The van der Waals surface area contributed by atoms with E-state index in [0.717, 1.165) is 30.6 Å². The van der Waals surface area contributed by atoms with Crippen LogP contribution < -0.4 is 11.3 Å². The van der Waals surface area contributed by atoms with Crippen molar-refractivity contribution < 1.29 is 4.74 Å². The van der Waals surface area contributed by atoms with Crippen molar-refractivity contribution >= 4 is 0 Å². The summed E-state index contributed by atoms with van der Waals surface area (Å²) in [5, 5.41) is 0. The molecule has 3 unspecified atom stereocenters. The quantitative estimate of drug-likeness (QED) is 0.616. The number of aryl methyl sites for hydroxylation is 1. The highest BCUT2D eigenvalue weighted by Gasteiger charge is 2.34. The Labute approximate surface area is 103 Å². The van der Waals surface area contributed by atoms with Gasteiger partial charge in [0.2, 0.25) is 0 Å². The first kappa shape index (κ1) is 12.5. The summed E-state index contributed by atoms with van der Waals surface area (Å²) in [4.78, 5) is 4.24. The molecule has 1 aromatic heterocycles. The Bertz CT molecular complexity index is 369. The number of rotatable bonds is 4. The lowest BCUT2D eigenvalue weighted by atomic mass is 9.87. The van der Waals surface area contributed by atoms with E-state index < -0.39 is 0 Å². The molecule has 3 atom stereocenters. The summed E-state index contributed by atoms with van der Waals surface area (Å²) in [5.41, 5.74) is 5.25. The van der Waals surface area contributed by atoms with Crippen LogP contribution in [0.4, 0.5) is 0 Å². The van der Waals surface area contributed by atoms with Gasteiger partial charge in [0.05, 0.1) is 12.1 Å². The Morgan fingerprint density at radius 2 is 2.41 bits per heavy atom. The van der Waals surface area contributed by atoms with Crippen LogP contribution in [0.2, 0.25) is 0 Å². The van der Waals surface area contributed by atoms with E-state index in [9.17, 15) is 0 Å². The first-order chi connectivity index (χ1) is 8.26. The third-order valence-corrected chi connectivity index (χ3v) is 3.53. The summed E-state index contributed by atoms with van der Waals surface area (Å²) in [6.45, 7) is 5.04. The molecule has 0 aliphatic carbocycles. The molecule has 2 rings (SSSR count). The minimum Gasteiger partial charge on any atom is -0.378 e. The van der Waals surface area contributed by atoms with Gasteiger partial charge < -0.3 is 4.74 Å². The standard InChI is InChI=1S/C13H21N3O/c1-3-12-11(4-5-17-12)13(16-14)10-6-9(2)7-15-8-10/h6-8,11-13,16H,3-5,14H2,1-2H3. The van der Waals surface area contributed by atoms with Gasteiger partial charge in [0.15, 0.2) is 0 Å².